The standard InChI is InChI=1S/C12H21ClO2S/c1-10(11-5-3-2-4-6-11)9-12(7-8-12)16(13,14)15/h10-11H,2-9H2,1H3. The third-order valence-corrected chi connectivity index (χ3v) is 7.06. The Kier molecular flexibility index (Phi) is 3.56. The monoisotopic (exact) mass is 264 g/mol. The minimum absolute atomic E-state index is 0.510. The second-order valence-corrected chi connectivity index (χ2v) is 8.66. The van der Waals surface area contributed by atoms with Crippen molar-refractivity contribution in [3.63, 3.8) is 0 Å². The minimum atomic E-state index is -3.35. The van der Waals surface area contributed by atoms with Crippen molar-refractivity contribution in [2.75, 3.05) is 0 Å². The van der Waals surface area contributed by atoms with Gasteiger partial charge < -0.3 is 0 Å². The highest BCUT2D eigenvalue weighted by molar-refractivity contribution is 8.15. The van der Waals surface area contributed by atoms with E-state index in [9.17, 15) is 8.42 Å². The molecule has 0 radical (unpaired) electrons. The molecule has 2 aliphatic rings. The summed E-state index contributed by atoms with van der Waals surface area (Å²) in [6.07, 6.45) is 8.86. The van der Waals surface area contributed by atoms with E-state index in [1.165, 1.54) is 32.1 Å². The van der Waals surface area contributed by atoms with Crippen molar-refractivity contribution in [3.05, 3.63) is 0 Å². The van der Waals surface area contributed by atoms with Crippen molar-refractivity contribution in [2.45, 2.75) is 63.0 Å². The summed E-state index contributed by atoms with van der Waals surface area (Å²) >= 11 is 0. The second-order valence-electron chi connectivity index (χ2n) is 5.70. The van der Waals surface area contributed by atoms with Gasteiger partial charge in [-0.1, -0.05) is 39.0 Å². The summed E-state index contributed by atoms with van der Waals surface area (Å²) in [5.41, 5.74) is 0. The Bertz CT molecular complexity index is 340. The van der Waals surface area contributed by atoms with E-state index in [2.05, 4.69) is 6.92 Å². The zero-order valence-corrected chi connectivity index (χ0v) is 11.5. The lowest BCUT2D eigenvalue weighted by atomic mass is 9.79. The highest BCUT2D eigenvalue weighted by atomic mass is 35.7. The summed E-state index contributed by atoms with van der Waals surface area (Å²) in [7, 11) is 2.19. The third kappa shape index (κ3) is 2.56. The van der Waals surface area contributed by atoms with Crippen LogP contribution in [0.4, 0.5) is 0 Å². The van der Waals surface area contributed by atoms with Gasteiger partial charge in [-0.15, -0.1) is 0 Å². The Labute approximate surface area is 103 Å². The minimum Gasteiger partial charge on any atom is -0.212 e. The van der Waals surface area contributed by atoms with E-state index in [0.717, 1.165) is 25.2 Å². The summed E-state index contributed by atoms with van der Waals surface area (Å²) in [6, 6.07) is 0. The van der Waals surface area contributed by atoms with E-state index in [4.69, 9.17) is 10.7 Å². The first kappa shape index (κ1) is 12.7. The van der Waals surface area contributed by atoms with Crippen LogP contribution >= 0.6 is 10.7 Å². The molecule has 2 fully saturated rings. The van der Waals surface area contributed by atoms with Gasteiger partial charge in [-0.05, 0) is 31.1 Å². The van der Waals surface area contributed by atoms with Gasteiger partial charge in [0.15, 0.2) is 0 Å². The number of halogens is 1. The van der Waals surface area contributed by atoms with Crippen molar-refractivity contribution in [1.82, 2.24) is 0 Å². The molecule has 0 aliphatic heterocycles. The van der Waals surface area contributed by atoms with Crippen LogP contribution in [0.3, 0.4) is 0 Å². The fourth-order valence-electron chi connectivity index (χ4n) is 3.14. The topological polar surface area (TPSA) is 34.1 Å². The quantitative estimate of drug-likeness (QED) is 0.726. The smallest absolute Gasteiger partial charge is 0.212 e. The molecule has 16 heavy (non-hydrogen) atoms. The number of hydrogen-bond acceptors (Lipinski definition) is 2. The van der Waals surface area contributed by atoms with Gasteiger partial charge in [-0.25, -0.2) is 8.42 Å². The fourth-order valence-corrected chi connectivity index (χ4v) is 4.85. The normalized spacial score (nSPS) is 27.6. The maximum atomic E-state index is 11.5. The van der Waals surface area contributed by atoms with Crippen LogP contribution in [0.5, 0.6) is 0 Å². The van der Waals surface area contributed by atoms with Crippen molar-refractivity contribution in [1.29, 1.82) is 0 Å². The predicted molar refractivity (Wildman–Crippen MR) is 67.1 cm³/mol. The molecule has 0 amide bonds. The molecule has 0 aromatic heterocycles. The van der Waals surface area contributed by atoms with Gasteiger partial charge in [0, 0.05) is 10.7 Å². The Morgan fingerprint density at radius 3 is 2.25 bits per heavy atom. The van der Waals surface area contributed by atoms with Gasteiger partial charge in [0.2, 0.25) is 9.05 Å². The van der Waals surface area contributed by atoms with Crippen LogP contribution in [0.2, 0.25) is 0 Å². The Balaban J connectivity index is 1.94. The van der Waals surface area contributed by atoms with E-state index in [1.807, 2.05) is 0 Å². The average Bonchev–Trinajstić information content (AvgIpc) is 2.99. The number of hydrogen-bond donors (Lipinski definition) is 0. The van der Waals surface area contributed by atoms with Crippen LogP contribution in [-0.4, -0.2) is 13.2 Å². The summed E-state index contributed by atoms with van der Waals surface area (Å²) in [5, 5.41) is 0. The Morgan fingerprint density at radius 1 is 1.25 bits per heavy atom. The van der Waals surface area contributed by atoms with Gasteiger partial charge in [0.25, 0.3) is 0 Å². The molecule has 2 nitrogen and oxygen atoms in total. The van der Waals surface area contributed by atoms with Crippen LogP contribution in [-0.2, 0) is 9.05 Å². The predicted octanol–water partition coefficient (Wildman–Crippen LogP) is 3.69. The maximum absolute atomic E-state index is 11.5. The first-order valence-corrected chi connectivity index (χ1v) is 8.70. The highest BCUT2D eigenvalue weighted by Gasteiger charge is 2.54. The third-order valence-electron chi connectivity index (χ3n) is 4.47. The van der Waals surface area contributed by atoms with Crippen molar-refractivity contribution in [3.8, 4) is 0 Å². The van der Waals surface area contributed by atoms with Crippen molar-refractivity contribution in [2.24, 2.45) is 11.8 Å². The Hall–Kier alpha value is 0.240. The molecule has 4 heteroatoms. The molecule has 94 valence electrons. The van der Waals surface area contributed by atoms with Crippen molar-refractivity contribution >= 4 is 19.7 Å². The van der Waals surface area contributed by atoms with Crippen LogP contribution in [0.25, 0.3) is 0 Å². The molecule has 2 rings (SSSR count). The second kappa shape index (κ2) is 4.49. The molecule has 1 atom stereocenters. The van der Waals surface area contributed by atoms with Crippen LogP contribution in [0.15, 0.2) is 0 Å². The van der Waals surface area contributed by atoms with Crippen molar-refractivity contribution < 1.29 is 8.42 Å². The summed E-state index contributed by atoms with van der Waals surface area (Å²) in [6.45, 7) is 2.21. The molecule has 2 aliphatic carbocycles. The van der Waals surface area contributed by atoms with Gasteiger partial charge in [0.05, 0.1) is 4.75 Å². The molecule has 0 N–H and O–H groups in total. The lowest BCUT2D eigenvalue weighted by Crippen LogP contribution is -2.25. The molecular formula is C12H21ClO2S. The Morgan fingerprint density at radius 2 is 1.81 bits per heavy atom. The molecule has 0 saturated heterocycles. The van der Waals surface area contributed by atoms with Gasteiger partial charge >= 0.3 is 0 Å². The molecule has 0 aromatic carbocycles. The SMILES string of the molecule is CC(CC1(S(=O)(=O)Cl)CC1)C1CCCCC1. The summed E-state index contributed by atoms with van der Waals surface area (Å²) < 4.78 is 22.4. The maximum Gasteiger partial charge on any atom is 0.238 e. The lowest BCUT2D eigenvalue weighted by molar-refractivity contribution is 0.248. The van der Waals surface area contributed by atoms with Crippen LogP contribution in [0.1, 0.15) is 58.3 Å². The fraction of sp³-hybridized carbons (Fsp3) is 1.00. The van der Waals surface area contributed by atoms with E-state index in [0.29, 0.717) is 5.92 Å². The van der Waals surface area contributed by atoms with E-state index in [1.54, 1.807) is 0 Å². The first-order valence-electron chi connectivity index (χ1n) is 6.39. The molecule has 0 spiro atoms. The molecule has 0 bridgehead atoms. The highest BCUT2D eigenvalue weighted by Crippen LogP contribution is 2.51. The van der Waals surface area contributed by atoms with E-state index >= 15 is 0 Å². The molecule has 0 heterocycles. The first-order chi connectivity index (χ1) is 7.45. The van der Waals surface area contributed by atoms with Gasteiger partial charge in [-0.2, -0.15) is 0 Å². The van der Waals surface area contributed by atoms with Crippen LogP contribution < -0.4 is 0 Å². The van der Waals surface area contributed by atoms with Gasteiger partial charge in [0.1, 0.15) is 0 Å². The molecule has 0 aromatic rings. The molecular weight excluding hydrogens is 244 g/mol. The summed E-state index contributed by atoms with van der Waals surface area (Å²) in [5.74, 6) is 1.24. The average molecular weight is 265 g/mol. The largest absolute Gasteiger partial charge is 0.238 e. The zero-order chi connectivity index (χ0) is 11.8. The van der Waals surface area contributed by atoms with Crippen LogP contribution in [0, 0.1) is 11.8 Å². The zero-order valence-electron chi connectivity index (χ0n) is 9.91. The number of rotatable bonds is 4. The van der Waals surface area contributed by atoms with E-state index < -0.39 is 13.8 Å². The molecule has 1 unspecified atom stereocenters. The van der Waals surface area contributed by atoms with Gasteiger partial charge in [-0.3, -0.25) is 0 Å². The van der Waals surface area contributed by atoms with E-state index in [-0.39, 0.29) is 0 Å². The summed E-state index contributed by atoms with van der Waals surface area (Å²) in [4.78, 5) is 0. The lowest BCUT2D eigenvalue weighted by Gasteiger charge is -2.29. The molecule has 2 saturated carbocycles.